The maximum atomic E-state index is 13.5. The molecule has 1 aliphatic rings. The molecular weight excluding hydrogens is 273 g/mol. The van der Waals surface area contributed by atoms with Crippen molar-refractivity contribution in [2.24, 2.45) is 0 Å². The van der Waals surface area contributed by atoms with E-state index in [1.807, 2.05) is 0 Å². The Morgan fingerprint density at radius 2 is 2.38 bits per heavy atom. The number of nitrogens with zero attached hydrogens (tertiary/aromatic N) is 1. The Labute approximate surface area is 124 Å². The molecule has 5 nitrogen and oxygen atoms in total. The van der Waals surface area contributed by atoms with Crippen molar-refractivity contribution in [3.8, 4) is 0 Å². The van der Waals surface area contributed by atoms with Crippen molar-refractivity contribution in [1.29, 1.82) is 0 Å². The molecular formula is C15H22FN3O2. The van der Waals surface area contributed by atoms with Crippen LogP contribution in [0.3, 0.4) is 0 Å². The van der Waals surface area contributed by atoms with Crippen LogP contribution < -0.4 is 11.1 Å². The summed E-state index contributed by atoms with van der Waals surface area (Å²) in [6.45, 7) is 5.33. The monoisotopic (exact) mass is 295 g/mol. The number of carbonyl (C=O) groups excluding carboxylic acids is 1. The second-order valence-corrected chi connectivity index (χ2v) is 5.35. The van der Waals surface area contributed by atoms with Gasteiger partial charge in [0.2, 0.25) is 5.91 Å². The lowest BCUT2D eigenvalue weighted by atomic mass is 10.2. The highest BCUT2D eigenvalue weighted by Gasteiger charge is 2.18. The number of hydrogen-bond donors (Lipinski definition) is 2. The van der Waals surface area contributed by atoms with E-state index in [0.29, 0.717) is 18.2 Å². The summed E-state index contributed by atoms with van der Waals surface area (Å²) in [5, 5.41) is 2.56. The van der Waals surface area contributed by atoms with Gasteiger partial charge in [-0.15, -0.1) is 0 Å². The summed E-state index contributed by atoms with van der Waals surface area (Å²) in [4.78, 5) is 14.1. The minimum atomic E-state index is -0.473. The third-order valence-electron chi connectivity index (χ3n) is 3.62. The van der Waals surface area contributed by atoms with Gasteiger partial charge in [-0.1, -0.05) is 0 Å². The van der Waals surface area contributed by atoms with Crippen molar-refractivity contribution in [3.63, 3.8) is 0 Å². The van der Waals surface area contributed by atoms with E-state index in [1.165, 1.54) is 18.2 Å². The first-order valence-corrected chi connectivity index (χ1v) is 7.23. The quantitative estimate of drug-likeness (QED) is 0.814. The topological polar surface area (TPSA) is 67.6 Å². The Bertz CT molecular complexity index is 496. The lowest BCUT2D eigenvalue weighted by Crippen LogP contribution is -2.44. The van der Waals surface area contributed by atoms with Crippen LogP contribution in [-0.2, 0) is 9.53 Å². The molecule has 1 unspecified atom stereocenters. The van der Waals surface area contributed by atoms with Crippen LogP contribution in [-0.4, -0.2) is 43.2 Å². The van der Waals surface area contributed by atoms with Gasteiger partial charge in [0, 0.05) is 24.7 Å². The van der Waals surface area contributed by atoms with Crippen molar-refractivity contribution < 1.29 is 13.9 Å². The maximum absolute atomic E-state index is 13.5. The zero-order chi connectivity index (χ0) is 15.2. The Morgan fingerprint density at radius 1 is 1.57 bits per heavy atom. The van der Waals surface area contributed by atoms with Gasteiger partial charge in [-0.3, -0.25) is 9.69 Å². The molecule has 0 spiro atoms. The summed E-state index contributed by atoms with van der Waals surface area (Å²) in [7, 11) is 0. The smallest absolute Gasteiger partial charge is 0.224 e. The largest absolute Gasteiger partial charge is 0.399 e. The number of carbonyl (C=O) groups is 1. The van der Waals surface area contributed by atoms with E-state index in [-0.39, 0.29) is 11.6 Å². The third kappa shape index (κ3) is 4.68. The van der Waals surface area contributed by atoms with Crippen LogP contribution in [0.2, 0.25) is 0 Å². The molecule has 1 aliphatic heterocycles. The van der Waals surface area contributed by atoms with Crippen LogP contribution in [0.15, 0.2) is 18.2 Å². The van der Waals surface area contributed by atoms with Gasteiger partial charge in [-0.2, -0.15) is 0 Å². The number of nitrogens with one attached hydrogen (secondary N) is 1. The number of anilines is 2. The SMILES string of the molecule is CC1COCCN1CCCC(=O)Nc1cc(N)ccc1F. The molecule has 1 heterocycles. The molecule has 0 aromatic heterocycles. The molecule has 1 saturated heterocycles. The number of hydrogen-bond acceptors (Lipinski definition) is 4. The second-order valence-electron chi connectivity index (χ2n) is 5.35. The van der Waals surface area contributed by atoms with E-state index < -0.39 is 5.82 Å². The summed E-state index contributed by atoms with van der Waals surface area (Å²) in [6.07, 6.45) is 1.10. The van der Waals surface area contributed by atoms with Gasteiger partial charge >= 0.3 is 0 Å². The fourth-order valence-corrected chi connectivity index (χ4v) is 2.39. The first-order chi connectivity index (χ1) is 10.1. The van der Waals surface area contributed by atoms with Gasteiger partial charge in [-0.05, 0) is 38.1 Å². The number of amides is 1. The molecule has 0 aliphatic carbocycles. The predicted octanol–water partition coefficient (Wildman–Crippen LogP) is 1.85. The number of nitrogen functional groups attached to an aromatic ring is 1. The molecule has 21 heavy (non-hydrogen) atoms. The van der Waals surface area contributed by atoms with Crippen LogP contribution >= 0.6 is 0 Å². The van der Waals surface area contributed by atoms with Crippen molar-refractivity contribution in [2.75, 3.05) is 37.4 Å². The van der Waals surface area contributed by atoms with Gasteiger partial charge in [0.15, 0.2) is 0 Å². The lowest BCUT2D eigenvalue weighted by Gasteiger charge is -2.33. The van der Waals surface area contributed by atoms with Crippen LogP contribution in [0.1, 0.15) is 19.8 Å². The summed E-state index contributed by atoms with van der Waals surface area (Å²) in [5.74, 6) is -0.667. The molecule has 1 aromatic rings. The van der Waals surface area contributed by atoms with Crippen LogP contribution in [0.25, 0.3) is 0 Å². The predicted molar refractivity (Wildman–Crippen MR) is 80.5 cm³/mol. The Balaban J connectivity index is 1.75. The minimum absolute atomic E-state index is 0.139. The molecule has 0 radical (unpaired) electrons. The number of ether oxygens (including phenoxy) is 1. The maximum Gasteiger partial charge on any atom is 0.224 e. The van der Waals surface area contributed by atoms with Crippen molar-refractivity contribution in [3.05, 3.63) is 24.0 Å². The van der Waals surface area contributed by atoms with Gasteiger partial charge in [0.05, 0.1) is 18.9 Å². The molecule has 116 valence electrons. The highest BCUT2D eigenvalue weighted by Crippen LogP contribution is 2.17. The zero-order valence-electron chi connectivity index (χ0n) is 12.3. The molecule has 2 rings (SSSR count). The van der Waals surface area contributed by atoms with E-state index in [0.717, 1.165) is 32.7 Å². The molecule has 1 amide bonds. The minimum Gasteiger partial charge on any atom is -0.399 e. The number of benzene rings is 1. The molecule has 1 fully saturated rings. The molecule has 0 saturated carbocycles. The summed E-state index contributed by atoms with van der Waals surface area (Å²) >= 11 is 0. The van der Waals surface area contributed by atoms with E-state index >= 15 is 0 Å². The number of halogens is 1. The average Bonchev–Trinajstić information content (AvgIpc) is 2.45. The van der Waals surface area contributed by atoms with Crippen LogP contribution in [0.5, 0.6) is 0 Å². The van der Waals surface area contributed by atoms with Gasteiger partial charge in [-0.25, -0.2) is 4.39 Å². The van der Waals surface area contributed by atoms with E-state index in [4.69, 9.17) is 10.5 Å². The highest BCUT2D eigenvalue weighted by atomic mass is 19.1. The van der Waals surface area contributed by atoms with E-state index in [1.54, 1.807) is 0 Å². The van der Waals surface area contributed by atoms with Gasteiger partial charge in [0.1, 0.15) is 5.82 Å². The zero-order valence-corrected chi connectivity index (χ0v) is 12.3. The van der Waals surface area contributed by atoms with Crippen molar-refractivity contribution in [1.82, 2.24) is 4.90 Å². The summed E-state index contributed by atoms with van der Waals surface area (Å²) < 4.78 is 18.9. The Hall–Kier alpha value is -1.66. The second kappa shape index (κ2) is 7.38. The first-order valence-electron chi connectivity index (χ1n) is 7.23. The molecule has 6 heteroatoms. The average molecular weight is 295 g/mol. The third-order valence-corrected chi connectivity index (χ3v) is 3.62. The molecule has 0 bridgehead atoms. The summed E-state index contributed by atoms with van der Waals surface area (Å²) in [6, 6.07) is 4.52. The Kier molecular flexibility index (Phi) is 5.52. The number of rotatable bonds is 5. The van der Waals surface area contributed by atoms with Gasteiger partial charge in [0.25, 0.3) is 0 Å². The van der Waals surface area contributed by atoms with Crippen molar-refractivity contribution >= 4 is 17.3 Å². The first kappa shape index (κ1) is 15.7. The van der Waals surface area contributed by atoms with E-state index in [9.17, 15) is 9.18 Å². The normalized spacial score (nSPS) is 19.4. The van der Waals surface area contributed by atoms with E-state index in [2.05, 4.69) is 17.1 Å². The van der Waals surface area contributed by atoms with Crippen LogP contribution in [0.4, 0.5) is 15.8 Å². The number of nitrogens with two attached hydrogens (primary N) is 1. The fourth-order valence-electron chi connectivity index (χ4n) is 2.39. The molecule has 1 aromatic carbocycles. The molecule has 3 N–H and O–H groups in total. The Morgan fingerprint density at radius 3 is 3.14 bits per heavy atom. The van der Waals surface area contributed by atoms with Crippen molar-refractivity contribution in [2.45, 2.75) is 25.8 Å². The lowest BCUT2D eigenvalue weighted by molar-refractivity contribution is -0.116. The molecule has 1 atom stereocenters. The van der Waals surface area contributed by atoms with Crippen LogP contribution in [0, 0.1) is 5.82 Å². The standard InChI is InChI=1S/C15H22FN3O2/c1-11-10-21-8-7-19(11)6-2-3-15(20)18-14-9-12(17)4-5-13(14)16/h4-5,9,11H,2-3,6-8,10,17H2,1H3,(H,18,20). The fraction of sp³-hybridized carbons (Fsp3) is 0.533. The summed E-state index contributed by atoms with van der Waals surface area (Å²) in [5.41, 5.74) is 6.14. The van der Waals surface area contributed by atoms with Gasteiger partial charge < -0.3 is 15.8 Å². The number of morpholine rings is 1. The highest BCUT2D eigenvalue weighted by molar-refractivity contribution is 5.91.